The Morgan fingerprint density at radius 1 is 1.36 bits per heavy atom. The van der Waals surface area contributed by atoms with Gasteiger partial charge in [0.1, 0.15) is 0 Å². The van der Waals surface area contributed by atoms with Crippen molar-refractivity contribution in [2.45, 2.75) is 19.8 Å². The maximum atomic E-state index is 13.3. The number of primary amides is 1. The average Bonchev–Trinajstić information content (AvgIpc) is 2.08. The van der Waals surface area contributed by atoms with Gasteiger partial charge >= 0.3 is 0 Å². The molecule has 0 aromatic heterocycles. The van der Waals surface area contributed by atoms with E-state index in [0.717, 1.165) is 6.07 Å². The predicted octanol–water partition coefficient (Wildman–Crippen LogP) is 2.19. The highest BCUT2D eigenvalue weighted by molar-refractivity contribution is 5.94. The van der Waals surface area contributed by atoms with Gasteiger partial charge < -0.3 is 5.73 Å². The van der Waals surface area contributed by atoms with Crippen LogP contribution in [0.3, 0.4) is 0 Å². The van der Waals surface area contributed by atoms with E-state index in [1.54, 1.807) is 13.8 Å². The van der Waals surface area contributed by atoms with Crippen LogP contribution in [0.15, 0.2) is 12.1 Å². The van der Waals surface area contributed by atoms with E-state index >= 15 is 0 Å². The molecule has 0 bridgehead atoms. The summed E-state index contributed by atoms with van der Waals surface area (Å²) in [5.74, 6) is -2.98. The molecule has 1 amide bonds. The zero-order valence-electron chi connectivity index (χ0n) is 7.97. The maximum Gasteiger partial charge on any atom is 0.249 e. The van der Waals surface area contributed by atoms with Crippen LogP contribution in [0.4, 0.5) is 8.78 Å². The van der Waals surface area contributed by atoms with E-state index in [-0.39, 0.29) is 17.0 Å². The van der Waals surface area contributed by atoms with E-state index in [2.05, 4.69) is 0 Å². The van der Waals surface area contributed by atoms with E-state index < -0.39 is 17.5 Å². The summed E-state index contributed by atoms with van der Waals surface area (Å²) < 4.78 is 26.1. The van der Waals surface area contributed by atoms with Crippen LogP contribution >= 0.6 is 0 Å². The summed E-state index contributed by atoms with van der Waals surface area (Å²) in [7, 11) is 0. The molecule has 0 fully saturated rings. The first kappa shape index (κ1) is 10.6. The van der Waals surface area contributed by atoms with Gasteiger partial charge in [-0.1, -0.05) is 13.8 Å². The molecule has 2 N–H and O–H groups in total. The fraction of sp³-hybridized carbons (Fsp3) is 0.300. The molecule has 14 heavy (non-hydrogen) atoms. The van der Waals surface area contributed by atoms with E-state index in [0.29, 0.717) is 0 Å². The van der Waals surface area contributed by atoms with Crippen LogP contribution in [-0.2, 0) is 0 Å². The van der Waals surface area contributed by atoms with Crippen molar-refractivity contribution in [1.29, 1.82) is 0 Å². The second kappa shape index (κ2) is 3.74. The van der Waals surface area contributed by atoms with Crippen molar-refractivity contribution in [1.82, 2.24) is 0 Å². The normalized spacial score (nSPS) is 10.6. The summed E-state index contributed by atoms with van der Waals surface area (Å²) in [5, 5.41) is 0. The van der Waals surface area contributed by atoms with Gasteiger partial charge in [0.25, 0.3) is 0 Å². The Morgan fingerprint density at radius 2 is 1.93 bits per heavy atom. The van der Waals surface area contributed by atoms with Gasteiger partial charge in [0, 0.05) is 11.1 Å². The van der Waals surface area contributed by atoms with Crippen LogP contribution < -0.4 is 5.73 Å². The topological polar surface area (TPSA) is 43.1 Å². The van der Waals surface area contributed by atoms with Crippen molar-refractivity contribution in [3.05, 3.63) is 34.9 Å². The molecule has 0 atom stereocenters. The highest BCUT2D eigenvalue weighted by Crippen LogP contribution is 2.24. The minimum Gasteiger partial charge on any atom is -0.366 e. The summed E-state index contributed by atoms with van der Waals surface area (Å²) >= 11 is 0. The van der Waals surface area contributed by atoms with Crippen molar-refractivity contribution < 1.29 is 13.6 Å². The molecule has 0 aliphatic carbocycles. The second-order valence-electron chi connectivity index (χ2n) is 3.34. The molecule has 0 aliphatic heterocycles. The molecule has 0 heterocycles. The largest absolute Gasteiger partial charge is 0.366 e. The molecule has 4 heteroatoms. The maximum absolute atomic E-state index is 13.3. The summed E-state index contributed by atoms with van der Waals surface area (Å²) in [6.07, 6.45) is 0. The first-order chi connectivity index (χ1) is 6.45. The highest BCUT2D eigenvalue weighted by atomic mass is 19.2. The minimum absolute atomic E-state index is 0.0394. The van der Waals surface area contributed by atoms with Gasteiger partial charge in [0.15, 0.2) is 11.6 Å². The first-order valence-corrected chi connectivity index (χ1v) is 4.22. The molecule has 76 valence electrons. The molecule has 1 aromatic carbocycles. The number of nitrogens with two attached hydrogens (primary N) is 1. The lowest BCUT2D eigenvalue weighted by Crippen LogP contribution is -2.16. The zero-order valence-corrected chi connectivity index (χ0v) is 7.97. The van der Waals surface area contributed by atoms with Crippen molar-refractivity contribution in [3.63, 3.8) is 0 Å². The van der Waals surface area contributed by atoms with Crippen LogP contribution in [0.2, 0.25) is 0 Å². The van der Waals surface area contributed by atoms with Gasteiger partial charge in [-0.2, -0.15) is 0 Å². The lowest BCUT2D eigenvalue weighted by molar-refractivity contribution is 0.0998. The van der Waals surface area contributed by atoms with Gasteiger partial charge in [0.2, 0.25) is 5.91 Å². The quantitative estimate of drug-likeness (QED) is 0.779. The lowest BCUT2D eigenvalue weighted by atomic mass is 9.96. The third-order valence-electron chi connectivity index (χ3n) is 1.98. The monoisotopic (exact) mass is 199 g/mol. The van der Waals surface area contributed by atoms with Gasteiger partial charge in [-0.25, -0.2) is 8.78 Å². The molecule has 1 rings (SSSR count). The Bertz CT molecular complexity index is 375. The van der Waals surface area contributed by atoms with Crippen molar-refractivity contribution in [2.24, 2.45) is 5.73 Å². The summed E-state index contributed by atoms with van der Waals surface area (Å²) in [5.41, 5.74) is 5.12. The van der Waals surface area contributed by atoms with E-state index in [1.165, 1.54) is 6.07 Å². The molecule has 2 nitrogen and oxygen atoms in total. The van der Waals surface area contributed by atoms with Crippen LogP contribution in [0.5, 0.6) is 0 Å². The van der Waals surface area contributed by atoms with Gasteiger partial charge in [-0.15, -0.1) is 0 Å². The molecule has 0 aliphatic rings. The number of rotatable bonds is 2. The van der Waals surface area contributed by atoms with Crippen molar-refractivity contribution in [2.75, 3.05) is 0 Å². The Hall–Kier alpha value is -1.45. The zero-order chi connectivity index (χ0) is 10.9. The fourth-order valence-electron chi connectivity index (χ4n) is 1.35. The van der Waals surface area contributed by atoms with E-state index in [4.69, 9.17) is 5.73 Å². The number of amides is 1. The van der Waals surface area contributed by atoms with Gasteiger partial charge in [-0.3, -0.25) is 4.79 Å². The third kappa shape index (κ3) is 1.73. The Kier molecular flexibility index (Phi) is 2.84. The molecule has 0 unspecified atom stereocenters. The molecule has 0 spiro atoms. The number of halogens is 2. The molecular weight excluding hydrogens is 188 g/mol. The summed E-state index contributed by atoms with van der Waals surface area (Å²) in [4.78, 5) is 10.9. The molecular formula is C10H11F2NO. The second-order valence-corrected chi connectivity index (χ2v) is 3.34. The molecule has 1 aromatic rings. The minimum atomic E-state index is -0.990. The lowest BCUT2D eigenvalue weighted by Gasteiger charge is -2.11. The van der Waals surface area contributed by atoms with Gasteiger partial charge in [0.05, 0.1) is 0 Å². The third-order valence-corrected chi connectivity index (χ3v) is 1.98. The smallest absolute Gasteiger partial charge is 0.249 e. The standard InChI is InChI=1S/C10H11F2NO/c1-5(2)8-6(10(13)14)3-4-7(11)9(8)12/h3-5H,1-2H3,(H2,13,14). The van der Waals surface area contributed by atoms with E-state index in [9.17, 15) is 13.6 Å². The van der Waals surface area contributed by atoms with Crippen LogP contribution in [0, 0.1) is 11.6 Å². The summed E-state index contributed by atoms with van der Waals surface area (Å²) in [6.45, 7) is 3.34. The Morgan fingerprint density at radius 3 is 2.36 bits per heavy atom. The van der Waals surface area contributed by atoms with Gasteiger partial charge in [-0.05, 0) is 18.1 Å². The van der Waals surface area contributed by atoms with E-state index in [1.807, 2.05) is 0 Å². The van der Waals surface area contributed by atoms with Crippen LogP contribution in [0.1, 0.15) is 35.7 Å². The summed E-state index contributed by atoms with van der Waals surface area (Å²) in [6, 6.07) is 2.11. The number of hydrogen-bond donors (Lipinski definition) is 1. The van der Waals surface area contributed by atoms with Crippen LogP contribution in [0.25, 0.3) is 0 Å². The highest BCUT2D eigenvalue weighted by Gasteiger charge is 2.18. The molecule has 0 saturated carbocycles. The number of carbonyl (C=O) groups excluding carboxylic acids is 1. The predicted molar refractivity (Wildman–Crippen MR) is 49.0 cm³/mol. The number of benzene rings is 1. The van der Waals surface area contributed by atoms with Crippen molar-refractivity contribution >= 4 is 5.91 Å². The molecule has 0 saturated heterocycles. The number of carbonyl (C=O) groups is 1. The molecule has 0 radical (unpaired) electrons. The SMILES string of the molecule is CC(C)c1c(C(N)=O)ccc(F)c1F. The van der Waals surface area contributed by atoms with Crippen molar-refractivity contribution in [3.8, 4) is 0 Å². The average molecular weight is 199 g/mol. The number of hydrogen-bond acceptors (Lipinski definition) is 1. The Labute approximate surface area is 80.7 Å². The first-order valence-electron chi connectivity index (χ1n) is 4.22. The van der Waals surface area contributed by atoms with Crippen LogP contribution in [-0.4, -0.2) is 5.91 Å². The Balaban J connectivity index is 3.45. The fourth-order valence-corrected chi connectivity index (χ4v) is 1.35.